The van der Waals surface area contributed by atoms with Gasteiger partial charge in [0, 0.05) is 0 Å². The van der Waals surface area contributed by atoms with Gasteiger partial charge in [0.05, 0.1) is 24.2 Å². The molecular weight excluding hydrogens is 246 g/mol. The first-order valence-electron chi connectivity index (χ1n) is 4.75. The number of hydrogen-bond donors (Lipinski definition) is 2. The highest BCUT2D eigenvalue weighted by atomic mass is 35.5. The standard InChI is InChI=1S/C10H10ClN3O3/c1-16-9-5(2-3-6(11)8(9)15)10-13-7(4-12)17-14-10/h2-3,15H,4,12H2,1H3. The molecule has 0 saturated carbocycles. The van der Waals surface area contributed by atoms with Crippen molar-refractivity contribution >= 4 is 11.6 Å². The van der Waals surface area contributed by atoms with E-state index < -0.39 is 0 Å². The van der Waals surface area contributed by atoms with Crippen molar-refractivity contribution in [1.29, 1.82) is 0 Å². The van der Waals surface area contributed by atoms with E-state index in [0.29, 0.717) is 11.5 Å². The van der Waals surface area contributed by atoms with Crippen molar-refractivity contribution in [3.05, 3.63) is 23.0 Å². The molecular formula is C10H10ClN3O3. The SMILES string of the molecule is COc1c(-c2noc(CN)n2)ccc(Cl)c1O. The summed E-state index contributed by atoms with van der Waals surface area (Å²) in [6, 6.07) is 3.15. The second-order valence-electron chi connectivity index (χ2n) is 3.19. The Morgan fingerprint density at radius 3 is 2.88 bits per heavy atom. The Hall–Kier alpha value is -1.79. The van der Waals surface area contributed by atoms with Crippen molar-refractivity contribution in [2.24, 2.45) is 5.73 Å². The first-order valence-corrected chi connectivity index (χ1v) is 5.13. The summed E-state index contributed by atoms with van der Waals surface area (Å²) in [5.74, 6) is 0.624. The third kappa shape index (κ3) is 2.04. The molecule has 2 aromatic rings. The number of aromatic hydroxyl groups is 1. The Bertz CT molecular complexity index is 542. The molecule has 1 aromatic carbocycles. The van der Waals surface area contributed by atoms with E-state index in [9.17, 15) is 5.11 Å². The fraction of sp³-hybridized carbons (Fsp3) is 0.200. The van der Waals surface area contributed by atoms with Crippen molar-refractivity contribution in [3.8, 4) is 22.9 Å². The van der Waals surface area contributed by atoms with Gasteiger partial charge in [-0.1, -0.05) is 16.8 Å². The van der Waals surface area contributed by atoms with Gasteiger partial charge < -0.3 is 20.1 Å². The molecule has 3 N–H and O–H groups in total. The molecule has 0 saturated heterocycles. The number of benzene rings is 1. The van der Waals surface area contributed by atoms with Crippen LogP contribution >= 0.6 is 11.6 Å². The fourth-order valence-electron chi connectivity index (χ4n) is 1.38. The Morgan fingerprint density at radius 2 is 2.29 bits per heavy atom. The molecule has 17 heavy (non-hydrogen) atoms. The van der Waals surface area contributed by atoms with E-state index >= 15 is 0 Å². The number of rotatable bonds is 3. The number of hydrogen-bond acceptors (Lipinski definition) is 6. The Kier molecular flexibility index (Phi) is 3.16. The monoisotopic (exact) mass is 255 g/mol. The fourth-order valence-corrected chi connectivity index (χ4v) is 1.53. The summed E-state index contributed by atoms with van der Waals surface area (Å²) in [4.78, 5) is 4.04. The lowest BCUT2D eigenvalue weighted by atomic mass is 10.1. The second kappa shape index (κ2) is 4.60. The maximum Gasteiger partial charge on any atom is 0.240 e. The van der Waals surface area contributed by atoms with Gasteiger partial charge in [-0.3, -0.25) is 0 Å². The molecule has 0 aliphatic carbocycles. The molecule has 2 rings (SSSR count). The van der Waals surface area contributed by atoms with Gasteiger partial charge in [0.2, 0.25) is 11.7 Å². The quantitative estimate of drug-likeness (QED) is 0.864. The van der Waals surface area contributed by atoms with E-state index in [1.165, 1.54) is 13.2 Å². The van der Waals surface area contributed by atoms with E-state index in [2.05, 4.69) is 10.1 Å². The van der Waals surface area contributed by atoms with E-state index in [0.717, 1.165) is 0 Å². The average molecular weight is 256 g/mol. The molecule has 6 nitrogen and oxygen atoms in total. The minimum absolute atomic E-state index is 0.148. The van der Waals surface area contributed by atoms with Gasteiger partial charge in [0.25, 0.3) is 0 Å². The van der Waals surface area contributed by atoms with E-state index in [1.54, 1.807) is 6.07 Å². The predicted octanol–water partition coefficient (Wildman–Crippen LogP) is 1.56. The van der Waals surface area contributed by atoms with Crippen LogP contribution in [0.15, 0.2) is 16.7 Å². The van der Waals surface area contributed by atoms with Crippen LogP contribution in [0.3, 0.4) is 0 Å². The van der Waals surface area contributed by atoms with Gasteiger partial charge >= 0.3 is 0 Å². The zero-order valence-electron chi connectivity index (χ0n) is 8.98. The molecule has 0 bridgehead atoms. The maximum atomic E-state index is 9.74. The van der Waals surface area contributed by atoms with Crippen LogP contribution in [0.5, 0.6) is 11.5 Å². The summed E-state index contributed by atoms with van der Waals surface area (Å²) in [5, 5.41) is 13.7. The largest absolute Gasteiger partial charge is 0.503 e. The van der Waals surface area contributed by atoms with Crippen LogP contribution in [0.4, 0.5) is 0 Å². The summed E-state index contributed by atoms with van der Waals surface area (Å²) < 4.78 is 9.95. The molecule has 1 aromatic heterocycles. The molecule has 0 spiro atoms. The Labute approximate surface area is 102 Å². The Morgan fingerprint density at radius 1 is 1.53 bits per heavy atom. The van der Waals surface area contributed by atoms with Crippen molar-refractivity contribution in [2.45, 2.75) is 6.54 Å². The molecule has 0 aliphatic heterocycles. The lowest BCUT2D eigenvalue weighted by Gasteiger charge is -2.08. The molecule has 0 radical (unpaired) electrons. The molecule has 7 heteroatoms. The zero-order valence-corrected chi connectivity index (χ0v) is 9.73. The molecule has 0 atom stereocenters. The topological polar surface area (TPSA) is 94.4 Å². The number of aromatic nitrogens is 2. The maximum absolute atomic E-state index is 9.74. The lowest BCUT2D eigenvalue weighted by molar-refractivity contribution is 0.372. The van der Waals surface area contributed by atoms with Crippen LogP contribution in [-0.4, -0.2) is 22.4 Å². The number of phenols is 1. The minimum Gasteiger partial charge on any atom is -0.503 e. The third-order valence-corrected chi connectivity index (χ3v) is 2.47. The summed E-state index contributed by atoms with van der Waals surface area (Å²) in [6.45, 7) is 0.148. The van der Waals surface area contributed by atoms with Crippen molar-refractivity contribution in [1.82, 2.24) is 10.1 Å². The van der Waals surface area contributed by atoms with E-state index in [1.807, 2.05) is 0 Å². The number of nitrogens with zero attached hydrogens (tertiary/aromatic N) is 2. The highest BCUT2D eigenvalue weighted by molar-refractivity contribution is 6.32. The van der Waals surface area contributed by atoms with Gasteiger partial charge in [0.1, 0.15) is 0 Å². The van der Waals surface area contributed by atoms with Gasteiger partial charge in [-0.25, -0.2) is 0 Å². The van der Waals surface area contributed by atoms with Crippen LogP contribution in [0.2, 0.25) is 5.02 Å². The number of halogens is 1. The van der Waals surface area contributed by atoms with Gasteiger partial charge in [-0.2, -0.15) is 4.98 Å². The minimum atomic E-state index is -0.161. The smallest absolute Gasteiger partial charge is 0.240 e. The summed E-state index contributed by atoms with van der Waals surface area (Å²) in [5.41, 5.74) is 5.85. The molecule has 0 fully saturated rings. The van der Waals surface area contributed by atoms with E-state index in [-0.39, 0.29) is 28.9 Å². The molecule has 0 unspecified atom stereocenters. The normalized spacial score (nSPS) is 10.5. The van der Waals surface area contributed by atoms with Crippen LogP contribution < -0.4 is 10.5 Å². The van der Waals surface area contributed by atoms with Gasteiger partial charge in [-0.05, 0) is 12.1 Å². The predicted molar refractivity (Wildman–Crippen MR) is 60.9 cm³/mol. The molecule has 1 heterocycles. The molecule has 0 amide bonds. The highest BCUT2D eigenvalue weighted by Crippen LogP contribution is 2.40. The lowest BCUT2D eigenvalue weighted by Crippen LogP contribution is -1.96. The zero-order chi connectivity index (χ0) is 12.4. The average Bonchev–Trinajstić information content (AvgIpc) is 2.81. The van der Waals surface area contributed by atoms with Gasteiger partial charge in [-0.15, -0.1) is 0 Å². The van der Waals surface area contributed by atoms with Crippen LogP contribution in [0.1, 0.15) is 5.89 Å². The first kappa shape index (κ1) is 11.7. The third-order valence-electron chi connectivity index (χ3n) is 2.17. The summed E-state index contributed by atoms with van der Waals surface area (Å²) >= 11 is 5.77. The first-order chi connectivity index (χ1) is 8.17. The Balaban J connectivity index is 2.55. The number of nitrogens with two attached hydrogens (primary N) is 1. The highest BCUT2D eigenvalue weighted by Gasteiger charge is 2.17. The summed E-state index contributed by atoms with van der Waals surface area (Å²) in [7, 11) is 1.42. The van der Waals surface area contributed by atoms with Crippen molar-refractivity contribution in [3.63, 3.8) is 0 Å². The molecule has 0 aliphatic rings. The number of ether oxygens (including phenoxy) is 1. The van der Waals surface area contributed by atoms with Gasteiger partial charge in [0.15, 0.2) is 11.5 Å². The van der Waals surface area contributed by atoms with Crippen LogP contribution in [0.25, 0.3) is 11.4 Å². The molecule has 90 valence electrons. The van der Waals surface area contributed by atoms with Crippen molar-refractivity contribution < 1.29 is 14.4 Å². The van der Waals surface area contributed by atoms with E-state index in [4.69, 9.17) is 26.6 Å². The van der Waals surface area contributed by atoms with Crippen LogP contribution in [-0.2, 0) is 6.54 Å². The van der Waals surface area contributed by atoms with Crippen LogP contribution in [0, 0.1) is 0 Å². The second-order valence-corrected chi connectivity index (χ2v) is 3.60. The van der Waals surface area contributed by atoms with Crippen molar-refractivity contribution in [2.75, 3.05) is 7.11 Å². The number of phenolic OH excluding ortho intramolecular Hbond substituents is 1. The number of methoxy groups -OCH3 is 1. The summed E-state index contributed by atoms with van der Waals surface area (Å²) in [6.07, 6.45) is 0.